The van der Waals surface area contributed by atoms with E-state index < -0.39 is 0 Å². The molecule has 20 heavy (non-hydrogen) atoms. The second-order valence-corrected chi connectivity index (χ2v) is 5.82. The van der Waals surface area contributed by atoms with Gasteiger partial charge in [-0.15, -0.1) is 11.3 Å². The molecule has 1 amide bonds. The number of nitrogens with zero attached hydrogens (tertiary/aromatic N) is 1. The van der Waals surface area contributed by atoms with Crippen molar-refractivity contribution in [2.24, 2.45) is 0 Å². The summed E-state index contributed by atoms with van der Waals surface area (Å²) in [4.78, 5) is 15.2. The number of benzene rings is 1. The molecule has 2 aromatic rings. The molecular weight excluding hydrogens is 274 g/mol. The van der Waals surface area contributed by atoms with Gasteiger partial charge in [-0.3, -0.25) is 4.79 Å². The van der Waals surface area contributed by atoms with Crippen LogP contribution in [0.3, 0.4) is 0 Å². The van der Waals surface area contributed by atoms with Gasteiger partial charge in [-0.25, -0.2) is 0 Å². The molecule has 1 atom stereocenters. The summed E-state index contributed by atoms with van der Waals surface area (Å²) in [6, 6.07) is 7.98. The van der Waals surface area contributed by atoms with E-state index in [1.54, 1.807) is 23.3 Å². The molecule has 4 nitrogen and oxygen atoms in total. The average Bonchev–Trinajstić information content (AvgIpc) is 2.88. The van der Waals surface area contributed by atoms with Crippen molar-refractivity contribution < 1.29 is 15.0 Å². The van der Waals surface area contributed by atoms with Crippen LogP contribution in [0.25, 0.3) is 0 Å². The van der Waals surface area contributed by atoms with Crippen LogP contribution in [-0.4, -0.2) is 34.1 Å². The molecule has 0 saturated heterocycles. The number of phenols is 2. The molecule has 5 heteroatoms. The zero-order valence-corrected chi connectivity index (χ0v) is 12.2. The van der Waals surface area contributed by atoms with Crippen molar-refractivity contribution in [1.82, 2.24) is 4.90 Å². The molecule has 0 aliphatic carbocycles. The average molecular weight is 291 g/mol. The summed E-state index contributed by atoms with van der Waals surface area (Å²) in [6.45, 7) is 1.97. The van der Waals surface area contributed by atoms with Crippen LogP contribution in [0.5, 0.6) is 11.5 Å². The van der Waals surface area contributed by atoms with Crippen molar-refractivity contribution in [2.75, 3.05) is 7.05 Å². The Kier molecular flexibility index (Phi) is 4.29. The van der Waals surface area contributed by atoms with Crippen molar-refractivity contribution in [1.29, 1.82) is 0 Å². The first-order valence-electron chi connectivity index (χ1n) is 6.30. The van der Waals surface area contributed by atoms with Gasteiger partial charge in [-0.2, -0.15) is 0 Å². The monoisotopic (exact) mass is 291 g/mol. The number of likely N-dealkylation sites (N-methyl/N-ethyl adjacent to an activating group) is 1. The molecule has 1 aromatic heterocycles. The van der Waals surface area contributed by atoms with Crippen molar-refractivity contribution in [3.63, 3.8) is 0 Å². The molecule has 1 heterocycles. The van der Waals surface area contributed by atoms with Gasteiger partial charge in [0.1, 0.15) is 11.5 Å². The number of amides is 1. The van der Waals surface area contributed by atoms with E-state index in [-0.39, 0.29) is 29.0 Å². The van der Waals surface area contributed by atoms with Crippen LogP contribution < -0.4 is 0 Å². The van der Waals surface area contributed by atoms with Crippen LogP contribution in [0.15, 0.2) is 35.7 Å². The highest BCUT2D eigenvalue weighted by Gasteiger charge is 2.19. The minimum absolute atomic E-state index is 0.0330. The van der Waals surface area contributed by atoms with Crippen molar-refractivity contribution in [3.8, 4) is 11.5 Å². The second-order valence-electron chi connectivity index (χ2n) is 4.79. The number of carbonyl (C=O) groups excluding carboxylic acids is 1. The maximum Gasteiger partial charge on any atom is 0.254 e. The summed E-state index contributed by atoms with van der Waals surface area (Å²) in [7, 11) is 1.72. The molecule has 0 spiro atoms. The zero-order chi connectivity index (χ0) is 14.7. The first-order valence-corrected chi connectivity index (χ1v) is 7.18. The lowest BCUT2D eigenvalue weighted by Gasteiger charge is -2.24. The first-order chi connectivity index (χ1) is 9.47. The molecule has 0 radical (unpaired) electrons. The Labute approximate surface area is 121 Å². The maximum atomic E-state index is 12.3. The van der Waals surface area contributed by atoms with E-state index in [1.807, 2.05) is 24.4 Å². The fourth-order valence-electron chi connectivity index (χ4n) is 1.98. The maximum absolute atomic E-state index is 12.3. The fraction of sp³-hybridized carbons (Fsp3) is 0.267. The molecular formula is C15H17NO3S. The van der Waals surface area contributed by atoms with Gasteiger partial charge in [0.15, 0.2) is 0 Å². The Morgan fingerprint density at radius 1 is 1.30 bits per heavy atom. The Morgan fingerprint density at radius 2 is 1.95 bits per heavy atom. The third-order valence-electron chi connectivity index (χ3n) is 3.21. The molecule has 1 unspecified atom stereocenters. The summed E-state index contributed by atoms with van der Waals surface area (Å²) in [5.41, 5.74) is 0.281. The normalized spacial score (nSPS) is 12.1. The number of carbonyl (C=O) groups is 1. The van der Waals surface area contributed by atoms with Gasteiger partial charge in [-0.05, 0) is 30.5 Å². The predicted molar refractivity (Wildman–Crippen MR) is 79.4 cm³/mol. The van der Waals surface area contributed by atoms with E-state index in [2.05, 4.69) is 0 Å². The van der Waals surface area contributed by atoms with E-state index in [4.69, 9.17) is 0 Å². The van der Waals surface area contributed by atoms with E-state index in [9.17, 15) is 15.0 Å². The van der Waals surface area contributed by atoms with Crippen LogP contribution in [-0.2, 0) is 6.42 Å². The van der Waals surface area contributed by atoms with Crippen LogP contribution in [0.2, 0.25) is 0 Å². The van der Waals surface area contributed by atoms with Crippen LogP contribution >= 0.6 is 11.3 Å². The van der Waals surface area contributed by atoms with Crippen LogP contribution in [0.1, 0.15) is 22.2 Å². The lowest BCUT2D eigenvalue weighted by molar-refractivity contribution is 0.0743. The topological polar surface area (TPSA) is 60.8 Å². The van der Waals surface area contributed by atoms with E-state index in [0.717, 1.165) is 6.42 Å². The molecule has 1 aromatic carbocycles. The van der Waals surface area contributed by atoms with E-state index >= 15 is 0 Å². The van der Waals surface area contributed by atoms with Crippen LogP contribution in [0.4, 0.5) is 0 Å². The Morgan fingerprint density at radius 3 is 2.50 bits per heavy atom. The number of aromatic hydroxyl groups is 2. The Balaban J connectivity index is 2.11. The lowest BCUT2D eigenvalue weighted by Crippen LogP contribution is -2.36. The van der Waals surface area contributed by atoms with Gasteiger partial charge in [0.2, 0.25) is 0 Å². The van der Waals surface area contributed by atoms with Gasteiger partial charge in [0.05, 0.1) is 0 Å². The highest BCUT2D eigenvalue weighted by Crippen LogP contribution is 2.22. The fourth-order valence-corrected chi connectivity index (χ4v) is 2.81. The number of rotatable bonds is 4. The molecule has 0 fully saturated rings. The van der Waals surface area contributed by atoms with Gasteiger partial charge >= 0.3 is 0 Å². The third kappa shape index (κ3) is 3.30. The molecule has 2 N–H and O–H groups in total. The van der Waals surface area contributed by atoms with Crippen LogP contribution in [0, 0.1) is 0 Å². The molecule has 0 aliphatic heterocycles. The second kappa shape index (κ2) is 5.96. The zero-order valence-electron chi connectivity index (χ0n) is 11.4. The summed E-state index contributed by atoms with van der Waals surface area (Å²) in [5.74, 6) is -0.458. The molecule has 0 saturated carbocycles. The van der Waals surface area contributed by atoms with Gasteiger partial charge < -0.3 is 15.1 Å². The standard InChI is InChI=1S/C15H17NO3S/c1-10(6-14-4-3-5-20-14)16(2)15(19)11-7-12(17)9-13(18)8-11/h3-5,7-10,17-18H,6H2,1-2H3. The summed E-state index contributed by atoms with van der Waals surface area (Å²) in [6.07, 6.45) is 0.782. The summed E-state index contributed by atoms with van der Waals surface area (Å²) >= 11 is 1.66. The Bertz CT molecular complexity index is 575. The van der Waals surface area contributed by atoms with Gasteiger partial charge in [0, 0.05) is 36.0 Å². The smallest absolute Gasteiger partial charge is 0.254 e. The molecule has 2 rings (SSSR count). The number of phenolic OH excluding ortho intramolecular Hbond substituents is 2. The quantitative estimate of drug-likeness (QED) is 0.910. The third-order valence-corrected chi connectivity index (χ3v) is 4.11. The summed E-state index contributed by atoms with van der Waals surface area (Å²) in [5, 5.41) is 20.9. The summed E-state index contributed by atoms with van der Waals surface area (Å²) < 4.78 is 0. The number of hydrogen-bond acceptors (Lipinski definition) is 4. The van der Waals surface area contributed by atoms with E-state index in [1.165, 1.54) is 23.1 Å². The SMILES string of the molecule is CC(Cc1cccs1)N(C)C(=O)c1cc(O)cc(O)c1. The minimum atomic E-state index is -0.222. The highest BCUT2D eigenvalue weighted by molar-refractivity contribution is 7.09. The van der Waals surface area contributed by atoms with E-state index in [0.29, 0.717) is 0 Å². The van der Waals surface area contributed by atoms with Crippen molar-refractivity contribution >= 4 is 17.2 Å². The lowest BCUT2D eigenvalue weighted by atomic mass is 10.1. The molecule has 0 bridgehead atoms. The highest BCUT2D eigenvalue weighted by atomic mass is 32.1. The molecule has 106 valence electrons. The number of thiophene rings is 1. The largest absolute Gasteiger partial charge is 0.508 e. The number of hydrogen-bond donors (Lipinski definition) is 2. The van der Waals surface area contributed by atoms with Gasteiger partial charge in [-0.1, -0.05) is 6.07 Å². The first kappa shape index (κ1) is 14.4. The van der Waals surface area contributed by atoms with Crippen molar-refractivity contribution in [3.05, 3.63) is 46.2 Å². The Hall–Kier alpha value is -2.01. The minimum Gasteiger partial charge on any atom is -0.508 e. The van der Waals surface area contributed by atoms with Crippen molar-refractivity contribution in [2.45, 2.75) is 19.4 Å². The predicted octanol–water partition coefficient (Wildman–Crippen LogP) is 2.86. The van der Waals surface area contributed by atoms with Gasteiger partial charge in [0.25, 0.3) is 5.91 Å². The molecule has 0 aliphatic rings.